The van der Waals surface area contributed by atoms with Crippen LogP contribution in [0.1, 0.15) is 36.7 Å². The Balaban J connectivity index is 1.83. The standard InChI is InChI=1S/C19H23FN4O4S/c1-13(25)21-14-6-7-16(20)17(10-14)22-19(26)18-11-15(12-23(18)2)29(27,28)24-8-4-3-5-9-24/h6-7,10-12H,3-5,8-9H2,1-2H3,(H,21,25)(H,22,26). The second-order valence-corrected chi connectivity index (χ2v) is 8.90. The number of amides is 2. The van der Waals surface area contributed by atoms with Crippen LogP contribution < -0.4 is 10.6 Å². The maximum Gasteiger partial charge on any atom is 0.272 e. The molecule has 3 rings (SSSR count). The van der Waals surface area contributed by atoms with Gasteiger partial charge in [-0.3, -0.25) is 9.59 Å². The van der Waals surface area contributed by atoms with Crippen LogP contribution >= 0.6 is 0 Å². The summed E-state index contributed by atoms with van der Waals surface area (Å²) < 4.78 is 42.5. The second-order valence-electron chi connectivity index (χ2n) is 6.97. The highest BCUT2D eigenvalue weighted by atomic mass is 32.2. The fourth-order valence-electron chi connectivity index (χ4n) is 3.24. The van der Waals surface area contributed by atoms with Crippen LogP contribution in [0.3, 0.4) is 0 Å². The van der Waals surface area contributed by atoms with Crippen LogP contribution in [0, 0.1) is 5.82 Å². The summed E-state index contributed by atoms with van der Waals surface area (Å²) in [5, 5.41) is 4.94. The van der Waals surface area contributed by atoms with E-state index >= 15 is 0 Å². The summed E-state index contributed by atoms with van der Waals surface area (Å²) in [7, 11) is -2.14. The minimum absolute atomic E-state index is 0.0273. The molecule has 2 heterocycles. The third-order valence-electron chi connectivity index (χ3n) is 4.70. The topological polar surface area (TPSA) is 101 Å². The molecule has 2 amide bonds. The van der Waals surface area contributed by atoms with Crippen molar-refractivity contribution in [2.24, 2.45) is 7.05 Å². The van der Waals surface area contributed by atoms with Gasteiger partial charge < -0.3 is 15.2 Å². The van der Waals surface area contributed by atoms with Gasteiger partial charge in [0.25, 0.3) is 5.91 Å². The molecule has 0 atom stereocenters. The number of carbonyl (C=O) groups is 2. The molecule has 0 bridgehead atoms. The van der Waals surface area contributed by atoms with Crippen LogP contribution in [-0.2, 0) is 21.9 Å². The van der Waals surface area contributed by atoms with Gasteiger partial charge in [0.05, 0.1) is 5.69 Å². The Morgan fingerprint density at radius 2 is 1.76 bits per heavy atom. The van der Waals surface area contributed by atoms with Gasteiger partial charge >= 0.3 is 0 Å². The molecule has 2 N–H and O–H groups in total. The van der Waals surface area contributed by atoms with Crippen molar-refractivity contribution in [3.63, 3.8) is 0 Å². The van der Waals surface area contributed by atoms with Crippen LogP contribution in [0.5, 0.6) is 0 Å². The molecule has 0 saturated carbocycles. The van der Waals surface area contributed by atoms with E-state index in [0.717, 1.165) is 25.3 Å². The number of benzene rings is 1. The number of rotatable bonds is 5. The highest BCUT2D eigenvalue weighted by molar-refractivity contribution is 7.89. The second kappa shape index (κ2) is 8.34. The van der Waals surface area contributed by atoms with E-state index in [9.17, 15) is 22.4 Å². The van der Waals surface area contributed by atoms with Crippen LogP contribution in [0.15, 0.2) is 35.4 Å². The molecule has 0 radical (unpaired) electrons. The van der Waals surface area contributed by atoms with Gasteiger partial charge in [0.15, 0.2) is 0 Å². The fraction of sp³-hybridized carbons (Fsp3) is 0.368. The molecule has 156 valence electrons. The zero-order chi connectivity index (χ0) is 21.2. The van der Waals surface area contributed by atoms with Gasteiger partial charge in [-0.2, -0.15) is 4.31 Å². The number of carbonyl (C=O) groups excluding carboxylic acids is 2. The summed E-state index contributed by atoms with van der Waals surface area (Å²) in [6.45, 7) is 2.23. The van der Waals surface area contributed by atoms with E-state index < -0.39 is 21.7 Å². The van der Waals surface area contributed by atoms with Crippen molar-refractivity contribution in [1.29, 1.82) is 0 Å². The van der Waals surface area contributed by atoms with E-state index in [1.807, 2.05) is 0 Å². The number of halogens is 1. The lowest BCUT2D eigenvalue weighted by Crippen LogP contribution is -2.35. The zero-order valence-electron chi connectivity index (χ0n) is 16.2. The van der Waals surface area contributed by atoms with E-state index in [4.69, 9.17) is 0 Å². The van der Waals surface area contributed by atoms with Gasteiger partial charge in [-0.1, -0.05) is 6.42 Å². The van der Waals surface area contributed by atoms with Gasteiger partial charge in [0.1, 0.15) is 16.4 Å². The molecule has 0 unspecified atom stereocenters. The third kappa shape index (κ3) is 4.65. The smallest absolute Gasteiger partial charge is 0.272 e. The van der Waals surface area contributed by atoms with Crippen LogP contribution in [-0.4, -0.2) is 42.2 Å². The molecule has 10 heteroatoms. The first kappa shape index (κ1) is 21.0. The number of aromatic nitrogens is 1. The van der Waals surface area contributed by atoms with Gasteiger partial charge in [-0.05, 0) is 37.1 Å². The van der Waals surface area contributed by atoms with Crippen LogP contribution in [0.25, 0.3) is 0 Å². The van der Waals surface area contributed by atoms with Crippen molar-refractivity contribution < 1.29 is 22.4 Å². The van der Waals surface area contributed by atoms with E-state index in [1.54, 1.807) is 7.05 Å². The molecule has 1 aromatic carbocycles. The SMILES string of the molecule is CC(=O)Nc1ccc(F)c(NC(=O)c2cc(S(=O)(=O)N3CCCCC3)cn2C)c1. The van der Waals surface area contributed by atoms with E-state index in [1.165, 1.54) is 40.2 Å². The average Bonchev–Trinajstić information content (AvgIpc) is 3.07. The van der Waals surface area contributed by atoms with Gasteiger partial charge in [-0.25, -0.2) is 12.8 Å². The molecule has 2 aromatic rings. The number of piperidine rings is 1. The third-order valence-corrected chi connectivity index (χ3v) is 6.56. The highest BCUT2D eigenvalue weighted by Crippen LogP contribution is 2.24. The van der Waals surface area contributed by atoms with Crippen molar-refractivity contribution in [3.05, 3.63) is 42.0 Å². The number of anilines is 2. The van der Waals surface area contributed by atoms with Crippen molar-refractivity contribution in [1.82, 2.24) is 8.87 Å². The van der Waals surface area contributed by atoms with Crippen molar-refractivity contribution in [2.45, 2.75) is 31.1 Å². The first-order valence-corrected chi connectivity index (χ1v) is 10.7. The van der Waals surface area contributed by atoms with Gasteiger partial charge in [0.2, 0.25) is 15.9 Å². The van der Waals surface area contributed by atoms with Gasteiger partial charge in [-0.15, -0.1) is 0 Å². The van der Waals surface area contributed by atoms with Crippen LogP contribution in [0.2, 0.25) is 0 Å². The lowest BCUT2D eigenvalue weighted by atomic mass is 10.2. The molecular weight excluding hydrogens is 399 g/mol. The number of nitrogens with one attached hydrogen (secondary N) is 2. The summed E-state index contributed by atoms with van der Waals surface area (Å²) in [4.78, 5) is 23.8. The Labute approximate surface area is 168 Å². The lowest BCUT2D eigenvalue weighted by molar-refractivity contribution is -0.114. The number of hydrogen-bond acceptors (Lipinski definition) is 4. The molecule has 1 aromatic heterocycles. The van der Waals surface area contributed by atoms with E-state index in [2.05, 4.69) is 10.6 Å². The monoisotopic (exact) mass is 422 g/mol. The number of sulfonamides is 1. The minimum Gasteiger partial charge on any atom is -0.345 e. The predicted octanol–water partition coefficient (Wildman–Crippen LogP) is 2.55. The zero-order valence-corrected chi connectivity index (χ0v) is 17.1. The first-order chi connectivity index (χ1) is 13.7. The summed E-state index contributed by atoms with van der Waals surface area (Å²) in [5.41, 5.74) is 0.280. The fourth-order valence-corrected chi connectivity index (χ4v) is 4.83. The first-order valence-electron chi connectivity index (χ1n) is 9.23. The molecule has 1 saturated heterocycles. The average molecular weight is 422 g/mol. The van der Waals surface area contributed by atoms with Crippen molar-refractivity contribution in [3.8, 4) is 0 Å². The Kier molecular flexibility index (Phi) is 6.04. The molecule has 1 aliphatic heterocycles. The normalized spacial score (nSPS) is 15.1. The number of hydrogen-bond donors (Lipinski definition) is 2. The van der Waals surface area contributed by atoms with E-state index in [-0.39, 0.29) is 22.2 Å². The van der Waals surface area contributed by atoms with Crippen molar-refractivity contribution in [2.75, 3.05) is 23.7 Å². The summed E-state index contributed by atoms with van der Waals surface area (Å²) >= 11 is 0. The lowest BCUT2D eigenvalue weighted by Gasteiger charge is -2.25. The Bertz CT molecular complexity index is 1040. The summed E-state index contributed by atoms with van der Waals surface area (Å²) in [5.74, 6) is -1.67. The van der Waals surface area contributed by atoms with Crippen molar-refractivity contribution >= 4 is 33.2 Å². The molecule has 0 spiro atoms. The maximum atomic E-state index is 14.1. The maximum absolute atomic E-state index is 14.1. The van der Waals surface area contributed by atoms with Crippen LogP contribution in [0.4, 0.5) is 15.8 Å². The van der Waals surface area contributed by atoms with Gasteiger partial charge in [0, 0.05) is 38.9 Å². The number of nitrogens with zero attached hydrogens (tertiary/aromatic N) is 2. The molecule has 8 nitrogen and oxygen atoms in total. The molecule has 1 fully saturated rings. The molecular formula is C19H23FN4O4S. The Hall–Kier alpha value is -2.72. The van der Waals surface area contributed by atoms with E-state index in [0.29, 0.717) is 18.8 Å². The molecule has 0 aliphatic carbocycles. The quantitative estimate of drug-likeness (QED) is 0.773. The highest BCUT2D eigenvalue weighted by Gasteiger charge is 2.28. The largest absolute Gasteiger partial charge is 0.345 e. The molecule has 29 heavy (non-hydrogen) atoms. The Morgan fingerprint density at radius 1 is 1.07 bits per heavy atom. The molecule has 1 aliphatic rings. The minimum atomic E-state index is -3.69. The Morgan fingerprint density at radius 3 is 2.41 bits per heavy atom. The predicted molar refractivity (Wildman–Crippen MR) is 107 cm³/mol. The summed E-state index contributed by atoms with van der Waals surface area (Å²) in [6.07, 6.45) is 3.99. The number of aryl methyl sites for hydroxylation is 1. The summed E-state index contributed by atoms with van der Waals surface area (Å²) in [6, 6.07) is 5.08.